The Morgan fingerprint density at radius 3 is 2.57 bits per heavy atom. The van der Waals surface area contributed by atoms with Gasteiger partial charge in [0.25, 0.3) is 0 Å². The number of rotatable bonds is 4. The van der Waals surface area contributed by atoms with Gasteiger partial charge in [-0.15, -0.1) is 0 Å². The van der Waals surface area contributed by atoms with Crippen molar-refractivity contribution in [3.63, 3.8) is 0 Å². The molecule has 0 aromatic heterocycles. The summed E-state index contributed by atoms with van der Waals surface area (Å²) in [4.78, 5) is 12.1. The van der Waals surface area contributed by atoms with Gasteiger partial charge in [-0.3, -0.25) is 4.79 Å². The van der Waals surface area contributed by atoms with Gasteiger partial charge in [-0.05, 0) is 35.9 Å². The fourth-order valence-electron chi connectivity index (χ4n) is 1.84. The van der Waals surface area contributed by atoms with Crippen LogP contribution in [0.4, 0.5) is 4.39 Å². The van der Waals surface area contributed by atoms with Crippen molar-refractivity contribution in [1.29, 1.82) is 5.26 Å². The standard InChI is InChI=1S/C17H12FNO2/c1-21-16-4-2-3-14(18)17(16)15(20)10-9-12-5-7-13(11-19)8-6-12/h2-10H,1H3. The number of nitriles is 1. The van der Waals surface area contributed by atoms with Crippen molar-refractivity contribution in [2.24, 2.45) is 0 Å². The minimum atomic E-state index is -0.621. The van der Waals surface area contributed by atoms with Crippen LogP contribution in [0.15, 0.2) is 48.5 Å². The van der Waals surface area contributed by atoms with Crippen LogP contribution in [-0.2, 0) is 0 Å². The Bertz CT molecular complexity index is 727. The molecular weight excluding hydrogens is 269 g/mol. The number of nitrogens with zero attached hydrogens (tertiary/aromatic N) is 1. The highest BCUT2D eigenvalue weighted by Gasteiger charge is 2.14. The van der Waals surface area contributed by atoms with Crippen LogP contribution in [0.2, 0.25) is 0 Å². The Hall–Kier alpha value is -2.93. The molecule has 0 amide bonds. The number of methoxy groups -OCH3 is 1. The lowest BCUT2D eigenvalue weighted by atomic mass is 10.1. The van der Waals surface area contributed by atoms with E-state index < -0.39 is 11.6 Å². The van der Waals surface area contributed by atoms with Crippen LogP contribution < -0.4 is 4.74 Å². The van der Waals surface area contributed by atoms with E-state index in [9.17, 15) is 9.18 Å². The highest BCUT2D eigenvalue weighted by Crippen LogP contribution is 2.22. The Balaban J connectivity index is 2.25. The second-order valence-corrected chi connectivity index (χ2v) is 4.25. The van der Waals surface area contributed by atoms with Gasteiger partial charge < -0.3 is 4.74 Å². The van der Waals surface area contributed by atoms with Crippen LogP contribution in [0.3, 0.4) is 0 Å². The first-order valence-electron chi connectivity index (χ1n) is 6.21. The first-order chi connectivity index (χ1) is 10.2. The van der Waals surface area contributed by atoms with Crippen LogP contribution in [-0.4, -0.2) is 12.9 Å². The third-order valence-electron chi connectivity index (χ3n) is 2.91. The van der Waals surface area contributed by atoms with Gasteiger partial charge in [0.15, 0.2) is 5.78 Å². The van der Waals surface area contributed by atoms with Crippen molar-refractivity contribution in [1.82, 2.24) is 0 Å². The Kier molecular flexibility index (Phi) is 4.47. The fourth-order valence-corrected chi connectivity index (χ4v) is 1.84. The maximum absolute atomic E-state index is 13.7. The van der Waals surface area contributed by atoms with E-state index in [1.165, 1.54) is 31.4 Å². The highest BCUT2D eigenvalue weighted by molar-refractivity contribution is 6.08. The number of allylic oxidation sites excluding steroid dienone is 1. The smallest absolute Gasteiger partial charge is 0.192 e. The Labute approximate surface area is 121 Å². The molecule has 3 nitrogen and oxygen atoms in total. The van der Waals surface area contributed by atoms with Crippen molar-refractivity contribution in [2.75, 3.05) is 7.11 Å². The number of benzene rings is 2. The summed E-state index contributed by atoms with van der Waals surface area (Å²) < 4.78 is 18.7. The zero-order valence-electron chi connectivity index (χ0n) is 11.3. The summed E-state index contributed by atoms with van der Waals surface area (Å²) >= 11 is 0. The van der Waals surface area contributed by atoms with Crippen LogP contribution in [0.5, 0.6) is 5.75 Å². The zero-order valence-corrected chi connectivity index (χ0v) is 11.3. The van der Waals surface area contributed by atoms with E-state index in [0.717, 1.165) is 5.56 Å². The molecule has 2 aromatic carbocycles. The summed E-state index contributed by atoms with van der Waals surface area (Å²) in [6.45, 7) is 0. The average molecular weight is 281 g/mol. The van der Waals surface area contributed by atoms with Crippen molar-refractivity contribution in [3.8, 4) is 11.8 Å². The molecule has 0 fully saturated rings. The molecule has 0 saturated heterocycles. The third kappa shape index (κ3) is 3.34. The largest absolute Gasteiger partial charge is 0.496 e. The Morgan fingerprint density at radius 2 is 1.95 bits per heavy atom. The lowest BCUT2D eigenvalue weighted by molar-refractivity contribution is 0.104. The van der Waals surface area contributed by atoms with Crippen LogP contribution in [0, 0.1) is 17.1 Å². The van der Waals surface area contributed by atoms with Gasteiger partial charge >= 0.3 is 0 Å². The van der Waals surface area contributed by atoms with Crippen LogP contribution in [0.25, 0.3) is 6.08 Å². The summed E-state index contributed by atoms with van der Waals surface area (Å²) in [6, 6.07) is 13.0. The molecule has 0 unspecified atom stereocenters. The summed E-state index contributed by atoms with van der Waals surface area (Å²) in [5.74, 6) is -0.900. The zero-order chi connectivity index (χ0) is 15.2. The monoisotopic (exact) mass is 281 g/mol. The van der Waals surface area contributed by atoms with E-state index in [-0.39, 0.29) is 11.3 Å². The molecule has 2 rings (SSSR count). The number of ketones is 1. The molecule has 4 heteroatoms. The van der Waals surface area contributed by atoms with E-state index in [0.29, 0.717) is 5.56 Å². The van der Waals surface area contributed by atoms with Crippen LogP contribution >= 0.6 is 0 Å². The average Bonchev–Trinajstić information content (AvgIpc) is 2.52. The van der Waals surface area contributed by atoms with Crippen LogP contribution in [0.1, 0.15) is 21.5 Å². The minimum absolute atomic E-state index is 0.0927. The first-order valence-corrected chi connectivity index (χ1v) is 6.21. The predicted molar refractivity (Wildman–Crippen MR) is 77.5 cm³/mol. The van der Waals surface area contributed by atoms with E-state index in [4.69, 9.17) is 10.00 Å². The number of carbonyl (C=O) groups excluding carboxylic acids is 1. The van der Waals surface area contributed by atoms with Crippen molar-refractivity contribution in [2.45, 2.75) is 0 Å². The maximum atomic E-state index is 13.7. The van der Waals surface area contributed by atoms with Gasteiger partial charge in [0.2, 0.25) is 0 Å². The molecule has 0 aliphatic carbocycles. The minimum Gasteiger partial charge on any atom is -0.496 e. The molecule has 0 spiro atoms. The molecular formula is C17H12FNO2. The Morgan fingerprint density at radius 1 is 1.24 bits per heavy atom. The van der Waals surface area contributed by atoms with Crippen molar-refractivity contribution < 1.29 is 13.9 Å². The van der Waals surface area contributed by atoms with Gasteiger partial charge in [-0.2, -0.15) is 5.26 Å². The van der Waals surface area contributed by atoms with E-state index in [1.807, 2.05) is 6.07 Å². The normalized spacial score (nSPS) is 10.3. The second kappa shape index (κ2) is 6.49. The molecule has 0 bridgehead atoms. The van der Waals surface area contributed by atoms with Gasteiger partial charge in [0, 0.05) is 0 Å². The summed E-state index contributed by atoms with van der Waals surface area (Å²) in [6.07, 6.45) is 2.84. The highest BCUT2D eigenvalue weighted by atomic mass is 19.1. The SMILES string of the molecule is COc1cccc(F)c1C(=O)C=Cc1ccc(C#N)cc1. The summed E-state index contributed by atoms with van der Waals surface area (Å²) in [5, 5.41) is 8.71. The van der Waals surface area contributed by atoms with E-state index in [2.05, 4.69) is 0 Å². The lowest BCUT2D eigenvalue weighted by Gasteiger charge is -2.06. The third-order valence-corrected chi connectivity index (χ3v) is 2.91. The molecule has 0 aliphatic heterocycles. The molecule has 21 heavy (non-hydrogen) atoms. The summed E-state index contributed by atoms with van der Waals surface area (Å²) in [5.41, 5.74) is 1.19. The molecule has 0 N–H and O–H groups in total. The summed E-state index contributed by atoms with van der Waals surface area (Å²) in [7, 11) is 1.38. The van der Waals surface area contributed by atoms with Gasteiger partial charge in [0.1, 0.15) is 11.6 Å². The quantitative estimate of drug-likeness (QED) is 0.635. The molecule has 104 valence electrons. The van der Waals surface area contributed by atoms with E-state index >= 15 is 0 Å². The van der Waals surface area contributed by atoms with Gasteiger partial charge in [-0.1, -0.05) is 24.3 Å². The fraction of sp³-hybridized carbons (Fsp3) is 0.0588. The lowest BCUT2D eigenvalue weighted by Crippen LogP contribution is -2.02. The molecule has 0 heterocycles. The predicted octanol–water partition coefficient (Wildman–Crippen LogP) is 3.60. The number of carbonyl (C=O) groups is 1. The second-order valence-electron chi connectivity index (χ2n) is 4.25. The van der Waals surface area contributed by atoms with Gasteiger partial charge in [0.05, 0.1) is 24.3 Å². The molecule has 2 aromatic rings. The van der Waals surface area contributed by atoms with E-state index in [1.54, 1.807) is 30.3 Å². The molecule has 0 radical (unpaired) electrons. The molecule has 0 aliphatic rings. The number of ether oxygens (including phenoxy) is 1. The topological polar surface area (TPSA) is 50.1 Å². The van der Waals surface area contributed by atoms with Crippen molar-refractivity contribution >= 4 is 11.9 Å². The number of halogens is 1. The maximum Gasteiger partial charge on any atom is 0.192 e. The number of hydrogen-bond acceptors (Lipinski definition) is 3. The molecule has 0 saturated carbocycles. The van der Waals surface area contributed by atoms with Gasteiger partial charge in [-0.25, -0.2) is 4.39 Å². The number of hydrogen-bond donors (Lipinski definition) is 0. The first kappa shape index (κ1) is 14.5. The van der Waals surface area contributed by atoms with Crippen molar-refractivity contribution in [3.05, 3.63) is 71.0 Å². The molecule has 0 atom stereocenters.